The Bertz CT molecular complexity index is 975. The second kappa shape index (κ2) is 43.1. The summed E-state index contributed by atoms with van der Waals surface area (Å²) in [6.45, 7) is 3.64. The van der Waals surface area contributed by atoms with Gasteiger partial charge in [0.15, 0.2) is 6.10 Å². The Hall–Kier alpha value is -1.51. The van der Waals surface area contributed by atoms with Gasteiger partial charge in [-0.1, -0.05) is 218 Å². The number of unbranched alkanes of at least 4 members (excludes halogenated alkanes) is 30. The number of carbonyl (C=O) groups is 2. The number of esters is 2. The highest BCUT2D eigenvalue weighted by molar-refractivity contribution is 7.47. The predicted octanol–water partition coefficient (Wildman–Crippen LogP) is 13.6. The molecule has 1 unspecified atom stereocenters. The topological polar surface area (TPSA) is 134 Å². The summed E-state index contributed by atoms with van der Waals surface area (Å²) in [5, 5.41) is 0. The first-order valence-electron chi connectivity index (χ1n) is 23.4. The summed E-state index contributed by atoms with van der Waals surface area (Å²) in [6, 6.07) is 0. The number of phosphoric acid groups is 1. The standard InChI is InChI=1S/C46H88NO8P/c1-3-5-7-9-11-13-15-17-19-20-21-22-23-25-27-29-31-33-35-37-39-46(49)55-44(43-54-56(50,51)53-41-40-47)42-52-45(48)38-36-34-32-30-28-26-24-18-16-14-12-10-8-6-4-2/h32,34,36,38,44H,3-31,33,35,37,39-43,47H2,1-2H3,(H,50,51)/b34-32+,38-36+/t44-/m1/s1. The maximum atomic E-state index is 12.6. The van der Waals surface area contributed by atoms with Gasteiger partial charge >= 0.3 is 19.8 Å². The first-order valence-corrected chi connectivity index (χ1v) is 24.9. The lowest BCUT2D eigenvalue weighted by molar-refractivity contribution is -0.159. The molecule has 0 saturated heterocycles. The van der Waals surface area contributed by atoms with Gasteiger partial charge in [-0.05, 0) is 19.3 Å². The normalized spacial score (nSPS) is 13.4. The van der Waals surface area contributed by atoms with Gasteiger partial charge in [-0.2, -0.15) is 0 Å². The zero-order valence-electron chi connectivity index (χ0n) is 36.4. The SMILES string of the molecule is CCCCCCCCCCCCC/C=C/C=C/C(=O)OC[C@H](COP(=O)(O)OCCN)OC(=O)CCCCCCCCCCCCCCCCCCCCCC. The first kappa shape index (κ1) is 54.5. The van der Waals surface area contributed by atoms with E-state index in [2.05, 4.69) is 13.8 Å². The van der Waals surface area contributed by atoms with Crippen LogP contribution in [0.4, 0.5) is 0 Å². The van der Waals surface area contributed by atoms with Crippen molar-refractivity contribution >= 4 is 19.8 Å². The Morgan fingerprint density at radius 2 is 0.982 bits per heavy atom. The van der Waals surface area contributed by atoms with Gasteiger partial charge < -0.3 is 20.1 Å². The van der Waals surface area contributed by atoms with Crippen molar-refractivity contribution in [3.05, 3.63) is 24.3 Å². The molecule has 56 heavy (non-hydrogen) atoms. The molecule has 0 aliphatic rings. The molecule has 0 aromatic rings. The molecule has 0 amide bonds. The fraction of sp³-hybridized carbons (Fsp3) is 0.870. The van der Waals surface area contributed by atoms with Crippen LogP contribution >= 0.6 is 7.82 Å². The van der Waals surface area contributed by atoms with Gasteiger partial charge in [0.1, 0.15) is 6.61 Å². The Labute approximate surface area is 344 Å². The van der Waals surface area contributed by atoms with Crippen LogP contribution in [0.25, 0.3) is 0 Å². The molecule has 0 fully saturated rings. The van der Waals surface area contributed by atoms with E-state index in [1.54, 1.807) is 6.08 Å². The third-order valence-corrected chi connectivity index (χ3v) is 11.2. The number of ether oxygens (including phenoxy) is 2. The van der Waals surface area contributed by atoms with E-state index in [-0.39, 0.29) is 26.2 Å². The maximum absolute atomic E-state index is 12.6. The summed E-state index contributed by atoms with van der Waals surface area (Å²) in [6.07, 6.45) is 47.0. The summed E-state index contributed by atoms with van der Waals surface area (Å²) in [4.78, 5) is 34.8. The maximum Gasteiger partial charge on any atom is 0.472 e. The summed E-state index contributed by atoms with van der Waals surface area (Å²) < 4.78 is 32.6. The van der Waals surface area contributed by atoms with E-state index in [1.165, 1.54) is 173 Å². The number of allylic oxidation sites excluding steroid dienone is 3. The van der Waals surface area contributed by atoms with Crippen molar-refractivity contribution in [2.24, 2.45) is 5.73 Å². The number of phosphoric ester groups is 1. The zero-order chi connectivity index (χ0) is 41.1. The van der Waals surface area contributed by atoms with Crippen molar-refractivity contribution in [3.8, 4) is 0 Å². The molecule has 3 N–H and O–H groups in total. The molecule has 0 radical (unpaired) electrons. The number of nitrogens with two attached hydrogens (primary N) is 1. The highest BCUT2D eigenvalue weighted by Crippen LogP contribution is 2.43. The average Bonchev–Trinajstić information content (AvgIpc) is 3.18. The molecule has 0 aromatic carbocycles. The zero-order valence-corrected chi connectivity index (χ0v) is 37.3. The van der Waals surface area contributed by atoms with Crippen LogP contribution < -0.4 is 5.73 Å². The summed E-state index contributed by atoms with van der Waals surface area (Å²) >= 11 is 0. The molecule has 0 aliphatic heterocycles. The van der Waals surface area contributed by atoms with E-state index < -0.39 is 32.5 Å². The van der Waals surface area contributed by atoms with Gasteiger partial charge in [0.2, 0.25) is 0 Å². The minimum atomic E-state index is -4.39. The molecule has 0 spiro atoms. The largest absolute Gasteiger partial charge is 0.472 e. The fourth-order valence-corrected chi connectivity index (χ4v) is 7.49. The lowest BCUT2D eigenvalue weighted by atomic mass is 10.0. The first-order chi connectivity index (χ1) is 27.3. The van der Waals surface area contributed by atoms with Crippen LogP contribution in [-0.4, -0.2) is 49.3 Å². The average molecular weight is 814 g/mol. The third kappa shape index (κ3) is 42.1. The quantitative estimate of drug-likeness (QED) is 0.0203. The Morgan fingerprint density at radius 1 is 0.571 bits per heavy atom. The molecule has 330 valence electrons. The second-order valence-corrected chi connectivity index (χ2v) is 17.2. The van der Waals surface area contributed by atoms with Crippen LogP contribution in [0.15, 0.2) is 24.3 Å². The van der Waals surface area contributed by atoms with Crippen LogP contribution in [0.1, 0.15) is 226 Å². The van der Waals surface area contributed by atoms with E-state index >= 15 is 0 Å². The van der Waals surface area contributed by atoms with Crippen molar-refractivity contribution in [2.45, 2.75) is 232 Å². The van der Waals surface area contributed by atoms with Crippen molar-refractivity contribution in [1.29, 1.82) is 0 Å². The molecule has 0 bridgehead atoms. The van der Waals surface area contributed by atoms with Crippen LogP contribution in [0.2, 0.25) is 0 Å². The number of hydrogen-bond acceptors (Lipinski definition) is 8. The molecular formula is C46H88NO8P. The Kier molecular flexibility index (Phi) is 41.9. The molecule has 9 nitrogen and oxygen atoms in total. The lowest BCUT2D eigenvalue weighted by Crippen LogP contribution is -2.29. The van der Waals surface area contributed by atoms with Crippen molar-refractivity contribution in [3.63, 3.8) is 0 Å². The monoisotopic (exact) mass is 814 g/mol. The molecule has 0 aromatic heterocycles. The summed E-state index contributed by atoms with van der Waals surface area (Å²) in [5.41, 5.74) is 5.35. The lowest BCUT2D eigenvalue weighted by Gasteiger charge is -2.19. The molecule has 0 aliphatic carbocycles. The van der Waals surface area contributed by atoms with E-state index in [0.717, 1.165) is 32.1 Å². The van der Waals surface area contributed by atoms with Crippen molar-refractivity contribution in [1.82, 2.24) is 0 Å². The number of carbonyl (C=O) groups excluding carboxylic acids is 2. The van der Waals surface area contributed by atoms with E-state index in [9.17, 15) is 19.0 Å². The molecule has 0 heterocycles. The van der Waals surface area contributed by atoms with Gasteiger partial charge in [-0.15, -0.1) is 0 Å². The van der Waals surface area contributed by atoms with E-state index in [4.69, 9.17) is 24.3 Å². The number of hydrogen-bond donors (Lipinski definition) is 2. The predicted molar refractivity (Wildman–Crippen MR) is 234 cm³/mol. The van der Waals surface area contributed by atoms with Crippen LogP contribution in [0.3, 0.4) is 0 Å². The molecule has 0 saturated carbocycles. The third-order valence-electron chi connectivity index (χ3n) is 10.2. The molecular weight excluding hydrogens is 725 g/mol. The van der Waals surface area contributed by atoms with Crippen LogP contribution in [0, 0.1) is 0 Å². The smallest absolute Gasteiger partial charge is 0.458 e. The van der Waals surface area contributed by atoms with Gasteiger partial charge in [0.25, 0.3) is 0 Å². The molecule has 2 atom stereocenters. The van der Waals surface area contributed by atoms with Gasteiger partial charge in [-0.3, -0.25) is 13.8 Å². The fourth-order valence-electron chi connectivity index (χ4n) is 6.73. The van der Waals surface area contributed by atoms with E-state index in [0.29, 0.717) is 6.42 Å². The van der Waals surface area contributed by atoms with E-state index in [1.807, 2.05) is 12.2 Å². The van der Waals surface area contributed by atoms with Crippen molar-refractivity contribution in [2.75, 3.05) is 26.4 Å². The van der Waals surface area contributed by atoms with Gasteiger partial charge in [0.05, 0.1) is 13.2 Å². The van der Waals surface area contributed by atoms with Crippen LogP contribution in [0.5, 0.6) is 0 Å². The molecule has 0 rings (SSSR count). The second-order valence-electron chi connectivity index (χ2n) is 15.7. The van der Waals surface area contributed by atoms with Crippen molar-refractivity contribution < 1.29 is 37.6 Å². The summed E-state index contributed by atoms with van der Waals surface area (Å²) in [5.74, 6) is -1.07. The van der Waals surface area contributed by atoms with Crippen LogP contribution in [-0.2, 0) is 32.7 Å². The minimum Gasteiger partial charge on any atom is -0.458 e. The Balaban J connectivity index is 4.14. The van der Waals surface area contributed by atoms with Gasteiger partial charge in [0, 0.05) is 19.0 Å². The number of rotatable bonds is 44. The highest BCUT2D eigenvalue weighted by atomic mass is 31.2. The highest BCUT2D eigenvalue weighted by Gasteiger charge is 2.25. The van der Waals surface area contributed by atoms with Gasteiger partial charge in [-0.25, -0.2) is 9.36 Å². The molecule has 10 heteroatoms. The summed E-state index contributed by atoms with van der Waals surface area (Å²) in [7, 11) is -4.39. The minimum absolute atomic E-state index is 0.0451. The Morgan fingerprint density at radius 3 is 1.41 bits per heavy atom.